The first kappa shape index (κ1) is 26.6. The highest BCUT2D eigenvalue weighted by molar-refractivity contribution is 7.53. The van der Waals surface area contributed by atoms with Crippen LogP contribution < -0.4 is 4.52 Å². The van der Waals surface area contributed by atoms with Gasteiger partial charge in [0, 0.05) is 18.8 Å². The zero-order valence-corrected chi connectivity index (χ0v) is 19.7. The fraction of sp³-hybridized carbons (Fsp3) is 0.739. The van der Waals surface area contributed by atoms with Crippen LogP contribution in [0, 0.1) is 10.1 Å². The van der Waals surface area contributed by atoms with E-state index in [1.165, 1.54) is 108 Å². The Balaban J connectivity index is 1.96. The van der Waals surface area contributed by atoms with Crippen LogP contribution in [0.3, 0.4) is 0 Å². The van der Waals surface area contributed by atoms with Crippen LogP contribution in [0.25, 0.3) is 0 Å². The summed E-state index contributed by atoms with van der Waals surface area (Å²) in [5.74, 6) is 0.312. The van der Waals surface area contributed by atoms with E-state index in [1.54, 1.807) is 0 Å². The molecule has 0 amide bonds. The monoisotopic (exact) mass is 441 g/mol. The maximum atomic E-state index is 12.4. The highest BCUT2D eigenvalue weighted by Gasteiger charge is 2.18. The third-order valence-electron chi connectivity index (χ3n) is 5.14. The summed E-state index contributed by atoms with van der Waals surface area (Å²) in [5.41, 5.74) is -0.0309. The number of non-ortho nitro benzene ring substituents is 1. The molecule has 0 saturated heterocycles. The predicted octanol–water partition coefficient (Wildman–Crippen LogP) is 8.29. The maximum absolute atomic E-state index is 12.4. The minimum absolute atomic E-state index is 0.0309. The summed E-state index contributed by atoms with van der Waals surface area (Å²) >= 11 is 0. The van der Waals surface area contributed by atoms with E-state index in [1.807, 2.05) is 0 Å². The Labute approximate surface area is 182 Å². The quantitative estimate of drug-likeness (QED) is 0.0933. The molecule has 7 heteroatoms. The molecule has 0 fully saturated rings. The zero-order valence-electron chi connectivity index (χ0n) is 18.9. The Morgan fingerprint density at radius 1 is 0.800 bits per heavy atom. The largest absolute Gasteiger partial charge is 0.425 e. The molecule has 0 aromatic heterocycles. The van der Waals surface area contributed by atoms with E-state index in [0.717, 1.165) is 12.8 Å². The normalized spacial score (nSPS) is 13.1. The lowest BCUT2D eigenvalue weighted by molar-refractivity contribution is -0.384. The Hall–Kier alpha value is -1.39. The molecule has 30 heavy (non-hydrogen) atoms. The van der Waals surface area contributed by atoms with Crippen molar-refractivity contribution in [3.05, 3.63) is 34.4 Å². The Morgan fingerprint density at radius 2 is 1.23 bits per heavy atom. The van der Waals surface area contributed by atoms with Crippen molar-refractivity contribution >= 4 is 13.3 Å². The van der Waals surface area contributed by atoms with Gasteiger partial charge in [-0.2, -0.15) is 0 Å². The van der Waals surface area contributed by atoms with Crippen molar-refractivity contribution in [2.45, 2.75) is 96.8 Å². The number of nitrogens with zero attached hydrogens (tertiary/aromatic N) is 1. The number of benzene rings is 1. The summed E-state index contributed by atoms with van der Waals surface area (Å²) < 4.78 is 23.1. The second-order valence-corrected chi connectivity index (χ2v) is 10.0. The topological polar surface area (TPSA) is 78.7 Å². The van der Waals surface area contributed by atoms with Gasteiger partial charge in [0.2, 0.25) is 0 Å². The van der Waals surface area contributed by atoms with Gasteiger partial charge in [-0.15, -0.1) is 0 Å². The molecule has 0 aliphatic carbocycles. The number of hydrogen-bond donors (Lipinski definition) is 0. The summed E-state index contributed by atoms with van der Waals surface area (Å²) in [4.78, 5) is 10.2. The lowest BCUT2D eigenvalue weighted by Crippen LogP contribution is -1.99. The highest BCUT2D eigenvalue weighted by Crippen LogP contribution is 2.44. The first-order valence-electron chi connectivity index (χ1n) is 11.6. The molecule has 0 bridgehead atoms. The minimum atomic E-state index is -3.21. The number of nitro groups is 1. The predicted molar refractivity (Wildman–Crippen MR) is 124 cm³/mol. The molecule has 0 spiro atoms. The fourth-order valence-electron chi connectivity index (χ4n) is 3.37. The van der Waals surface area contributed by atoms with Crippen molar-refractivity contribution in [1.29, 1.82) is 0 Å². The average Bonchev–Trinajstić information content (AvgIpc) is 2.71. The summed E-state index contributed by atoms with van der Waals surface area (Å²) in [5, 5.41) is 10.7. The first-order valence-corrected chi connectivity index (χ1v) is 13.6. The van der Waals surface area contributed by atoms with Gasteiger partial charge >= 0.3 is 7.60 Å². The Bertz CT molecular complexity index is 621. The van der Waals surface area contributed by atoms with Crippen LogP contribution in [0.15, 0.2) is 24.3 Å². The number of nitro benzene ring substituents is 1. The lowest BCUT2D eigenvalue weighted by atomic mass is 10.0. The van der Waals surface area contributed by atoms with Gasteiger partial charge in [-0.05, 0) is 18.6 Å². The van der Waals surface area contributed by atoms with Crippen molar-refractivity contribution in [2.24, 2.45) is 0 Å². The van der Waals surface area contributed by atoms with E-state index in [0.29, 0.717) is 12.4 Å². The van der Waals surface area contributed by atoms with E-state index < -0.39 is 12.5 Å². The molecule has 0 aliphatic heterocycles. The molecule has 1 unspecified atom stereocenters. The molecule has 0 heterocycles. The fourth-order valence-corrected chi connectivity index (χ4v) is 4.39. The van der Waals surface area contributed by atoms with Gasteiger partial charge in [0.05, 0.1) is 11.5 Å². The summed E-state index contributed by atoms with van der Waals surface area (Å²) in [6.45, 7) is 4.09. The molecule has 1 aromatic carbocycles. The van der Waals surface area contributed by atoms with Crippen LogP contribution in [0.1, 0.15) is 96.8 Å². The van der Waals surface area contributed by atoms with Crippen LogP contribution >= 0.6 is 7.60 Å². The molecular weight excluding hydrogens is 401 g/mol. The van der Waals surface area contributed by atoms with Crippen LogP contribution in [-0.4, -0.2) is 18.2 Å². The summed E-state index contributed by atoms with van der Waals surface area (Å²) in [6.07, 6.45) is 18.0. The number of unbranched alkanes of at least 4 members (excludes halogenated alkanes) is 13. The second-order valence-electron chi connectivity index (χ2n) is 8.04. The molecule has 0 radical (unpaired) electrons. The van der Waals surface area contributed by atoms with E-state index in [4.69, 9.17) is 9.05 Å². The van der Waals surface area contributed by atoms with Crippen LogP contribution in [0.2, 0.25) is 0 Å². The molecule has 172 valence electrons. The first-order chi connectivity index (χ1) is 14.4. The smallest absolute Gasteiger partial charge is 0.376 e. The molecule has 0 N–H and O–H groups in total. The maximum Gasteiger partial charge on any atom is 0.376 e. The number of rotatable bonds is 19. The molecule has 1 rings (SSSR count). The summed E-state index contributed by atoms with van der Waals surface area (Å²) in [6, 6.07) is 5.51. The molecule has 0 saturated carbocycles. The van der Waals surface area contributed by atoms with E-state index in [2.05, 4.69) is 6.92 Å². The van der Waals surface area contributed by atoms with Gasteiger partial charge in [-0.3, -0.25) is 14.6 Å². The average molecular weight is 442 g/mol. The third kappa shape index (κ3) is 13.8. The standard InChI is InChI=1S/C23H40NO5P/c1-3-4-5-6-7-8-9-10-11-12-13-14-15-16-21-28-30(2,27)29-23-19-17-22(18-20-23)24(25)26/h17-20H,3-16,21H2,1-2H3. The molecule has 1 atom stereocenters. The second kappa shape index (κ2) is 16.3. The van der Waals surface area contributed by atoms with Gasteiger partial charge in [0.25, 0.3) is 5.69 Å². The van der Waals surface area contributed by atoms with Crippen molar-refractivity contribution in [3.8, 4) is 5.75 Å². The number of hydrogen-bond acceptors (Lipinski definition) is 5. The van der Waals surface area contributed by atoms with Gasteiger partial charge in [-0.1, -0.05) is 90.4 Å². The van der Waals surface area contributed by atoms with Crippen LogP contribution in [0.5, 0.6) is 5.75 Å². The highest BCUT2D eigenvalue weighted by atomic mass is 31.2. The molecule has 6 nitrogen and oxygen atoms in total. The third-order valence-corrected chi connectivity index (χ3v) is 6.34. The SMILES string of the molecule is CCCCCCCCCCCCCCCCOP(C)(=O)Oc1ccc([N+](=O)[O-])cc1. The van der Waals surface area contributed by atoms with Crippen LogP contribution in [-0.2, 0) is 9.09 Å². The van der Waals surface area contributed by atoms with E-state index in [9.17, 15) is 14.7 Å². The lowest BCUT2D eigenvalue weighted by Gasteiger charge is -2.15. The van der Waals surface area contributed by atoms with Gasteiger partial charge < -0.3 is 4.52 Å². The molecular formula is C23H40NO5P. The Morgan fingerprint density at radius 3 is 1.67 bits per heavy atom. The van der Waals surface area contributed by atoms with Gasteiger partial charge in [-0.25, -0.2) is 4.57 Å². The van der Waals surface area contributed by atoms with Crippen molar-refractivity contribution < 1.29 is 18.5 Å². The van der Waals surface area contributed by atoms with E-state index in [-0.39, 0.29) is 5.69 Å². The van der Waals surface area contributed by atoms with Crippen molar-refractivity contribution in [1.82, 2.24) is 0 Å². The zero-order chi connectivity index (χ0) is 22.1. The van der Waals surface area contributed by atoms with Crippen molar-refractivity contribution in [2.75, 3.05) is 13.3 Å². The van der Waals surface area contributed by atoms with Gasteiger partial charge in [0.1, 0.15) is 5.75 Å². The Kier molecular flexibility index (Phi) is 14.5. The molecule has 1 aromatic rings. The van der Waals surface area contributed by atoms with Crippen LogP contribution in [0.4, 0.5) is 5.69 Å². The van der Waals surface area contributed by atoms with E-state index >= 15 is 0 Å². The summed E-state index contributed by atoms with van der Waals surface area (Å²) in [7, 11) is -3.21. The minimum Gasteiger partial charge on any atom is -0.425 e. The van der Waals surface area contributed by atoms with Gasteiger partial charge in [0.15, 0.2) is 0 Å². The van der Waals surface area contributed by atoms with Crippen molar-refractivity contribution in [3.63, 3.8) is 0 Å². The molecule has 0 aliphatic rings.